The number of ether oxygens (including phenoxy) is 1. The van der Waals surface area contributed by atoms with Crippen LogP contribution in [0.2, 0.25) is 0 Å². The van der Waals surface area contributed by atoms with Gasteiger partial charge in [0.05, 0.1) is 7.11 Å². The molecule has 1 amide bonds. The first-order valence-corrected chi connectivity index (χ1v) is 8.74. The van der Waals surface area contributed by atoms with Gasteiger partial charge in [-0.25, -0.2) is 0 Å². The maximum atomic E-state index is 12.4. The molecule has 1 heterocycles. The van der Waals surface area contributed by atoms with Crippen molar-refractivity contribution in [2.24, 2.45) is 0 Å². The Morgan fingerprint density at radius 1 is 1.07 bits per heavy atom. The zero-order valence-electron chi connectivity index (χ0n) is 15.6. The highest BCUT2D eigenvalue weighted by atomic mass is 16.5. The maximum Gasteiger partial charge on any atom is 0.256 e. The summed E-state index contributed by atoms with van der Waals surface area (Å²) < 4.78 is 5.15. The van der Waals surface area contributed by atoms with E-state index < -0.39 is 0 Å². The van der Waals surface area contributed by atoms with Gasteiger partial charge in [0.15, 0.2) is 11.6 Å². The molecule has 6 nitrogen and oxygen atoms in total. The van der Waals surface area contributed by atoms with Crippen LogP contribution in [0.15, 0.2) is 60.7 Å². The van der Waals surface area contributed by atoms with Crippen molar-refractivity contribution in [2.75, 3.05) is 23.9 Å². The largest absolute Gasteiger partial charge is 0.497 e. The van der Waals surface area contributed by atoms with Gasteiger partial charge < -0.3 is 15.0 Å². The van der Waals surface area contributed by atoms with E-state index >= 15 is 0 Å². The maximum absolute atomic E-state index is 12.4. The van der Waals surface area contributed by atoms with Crippen LogP contribution < -0.4 is 15.0 Å². The van der Waals surface area contributed by atoms with E-state index in [1.165, 1.54) is 5.56 Å². The van der Waals surface area contributed by atoms with Gasteiger partial charge >= 0.3 is 0 Å². The lowest BCUT2D eigenvalue weighted by atomic mass is 10.2. The Hall–Kier alpha value is -3.41. The van der Waals surface area contributed by atoms with E-state index in [0.717, 1.165) is 18.1 Å². The molecule has 0 fully saturated rings. The number of hydrogen-bond acceptors (Lipinski definition) is 5. The molecule has 0 aliphatic carbocycles. The molecule has 3 aromatic rings. The van der Waals surface area contributed by atoms with Gasteiger partial charge in [-0.2, -0.15) is 0 Å². The van der Waals surface area contributed by atoms with E-state index in [1.54, 1.807) is 37.4 Å². The fourth-order valence-corrected chi connectivity index (χ4v) is 2.76. The van der Waals surface area contributed by atoms with Crippen molar-refractivity contribution < 1.29 is 9.53 Å². The van der Waals surface area contributed by atoms with Gasteiger partial charge in [0.2, 0.25) is 0 Å². The molecular weight excluding hydrogens is 340 g/mol. The first kappa shape index (κ1) is 18.4. The standard InChI is InChI=1S/C21H22N4O2/c1-4-25(17-9-5-7-15(2)13-17)20-12-11-19(23-24-20)22-21(26)16-8-6-10-18(14-16)27-3/h5-14H,4H2,1-3H3,(H,22,23,26). The Kier molecular flexibility index (Phi) is 5.66. The molecule has 138 valence electrons. The second kappa shape index (κ2) is 8.31. The quantitative estimate of drug-likeness (QED) is 0.712. The van der Waals surface area contributed by atoms with Crippen LogP contribution in [0.3, 0.4) is 0 Å². The number of nitrogens with one attached hydrogen (secondary N) is 1. The van der Waals surface area contributed by atoms with Crippen molar-refractivity contribution in [1.82, 2.24) is 10.2 Å². The SMILES string of the molecule is CCN(c1cccc(C)c1)c1ccc(NC(=O)c2cccc(OC)c2)nn1. The van der Waals surface area contributed by atoms with E-state index in [4.69, 9.17) is 4.74 Å². The molecule has 6 heteroatoms. The smallest absolute Gasteiger partial charge is 0.256 e. The minimum atomic E-state index is -0.262. The molecule has 3 rings (SSSR count). The summed E-state index contributed by atoms with van der Waals surface area (Å²) >= 11 is 0. The molecule has 0 aliphatic heterocycles. The monoisotopic (exact) mass is 362 g/mol. The third-order valence-corrected chi connectivity index (χ3v) is 4.13. The predicted molar refractivity (Wildman–Crippen MR) is 107 cm³/mol. The minimum absolute atomic E-state index is 0.262. The number of aryl methyl sites for hydroxylation is 1. The minimum Gasteiger partial charge on any atom is -0.497 e. The van der Waals surface area contributed by atoms with Crippen LogP contribution in [0.25, 0.3) is 0 Å². The molecule has 0 saturated heterocycles. The summed E-state index contributed by atoms with van der Waals surface area (Å²) in [6, 6.07) is 18.8. The van der Waals surface area contributed by atoms with Crippen molar-refractivity contribution in [3.8, 4) is 5.75 Å². The lowest BCUT2D eigenvalue weighted by Crippen LogP contribution is -2.19. The molecule has 0 aliphatic rings. The van der Waals surface area contributed by atoms with Gasteiger partial charge in [0.1, 0.15) is 5.75 Å². The highest BCUT2D eigenvalue weighted by molar-refractivity contribution is 6.04. The van der Waals surface area contributed by atoms with E-state index in [9.17, 15) is 4.79 Å². The third kappa shape index (κ3) is 4.41. The second-order valence-corrected chi connectivity index (χ2v) is 6.05. The van der Waals surface area contributed by atoms with Crippen molar-refractivity contribution >= 4 is 23.2 Å². The average molecular weight is 362 g/mol. The molecule has 0 radical (unpaired) electrons. The molecule has 0 spiro atoms. The number of methoxy groups -OCH3 is 1. The fraction of sp³-hybridized carbons (Fsp3) is 0.190. The third-order valence-electron chi connectivity index (χ3n) is 4.13. The highest BCUT2D eigenvalue weighted by Crippen LogP contribution is 2.24. The highest BCUT2D eigenvalue weighted by Gasteiger charge is 2.12. The number of amides is 1. The molecule has 0 unspecified atom stereocenters. The lowest BCUT2D eigenvalue weighted by Gasteiger charge is -2.22. The lowest BCUT2D eigenvalue weighted by molar-refractivity contribution is 0.102. The number of carbonyl (C=O) groups is 1. The molecule has 2 aromatic carbocycles. The van der Waals surface area contributed by atoms with Crippen molar-refractivity contribution in [1.29, 1.82) is 0 Å². The van der Waals surface area contributed by atoms with Crippen LogP contribution in [0.4, 0.5) is 17.3 Å². The summed E-state index contributed by atoms with van der Waals surface area (Å²) in [5.41, 5.74) is 2.73. The summed E-state index contributed by atoms with van der Waals surface area (Å²) in [4.78, 5) is 14.4. The Labute approximate surface area is 158 Å². The van der Waals surface area contributed by atoms with Gasteiger partial charge in [0.25, 0.3) is 5.91 Å². The number of nitrogens with zero attached hydrogens (tertiary/aromatic N) is 3. The molecule has 1 aromatic heterocycles. The number of aromatic nitrogens is 2. The Morgan fingerprint density at radius 2 is 1.89 bits per heavy atom. The summed E-state index contributed by atoms with van der Waals surface area (Å²) in [6.07, 6.45) is 0. The second-order valence-electron chi connectivity index (χ2n) is 6.05. The first-order chi connectivity index (χ1) is 13.1. The zero-order valence-corrected chi connectivity index (χ0v) is 15.6. The summed E-state index contributed by atoms with van der Waals surface area (Å²) in [6.45, 7) is 4.87. The van der Waals surface area contributed by atoms with Gasteiger partial charge in [0, 0.05) is 17.8 Å². The number of carbonyl (C=O) groups excluding carboxylic acids is 1. The predicted octanol–water partition coefficient (Wildman–Crippen LogP) is 4.20. The van der Waals surface area contributed by atoms with Crippen LogP contribution >= 0.6 is 0 Å². The summed E-state index contributed by atoms with van der Waals surface area (Å²) in [7, 11) is 1.56. The molecule has 0 saturated carbocycles. The number of hydrogen-bond donors (Lipinski definition) is 1. The number of rotatable bonds is 6. The first-order valence-electron chi connectivity index (χ1n) is 8.74. The van der Waals surface area contributed by atoms with Crippen LogP contribution in [0.5, 0.6) is 5.75 Å². The molecule has 27 heavy (non-hydrogen) atoms. The van der Waals surface area contributed by atoms with Gasteiger partial charge in [-0.1, -0.05) is 18.2 Å². The van der Waals surface area contributed by atoms with Gasteiger partial charge in [-0.05, 0) is 61.9 Å². The molecule has 0 bridgehead atoms. The van der Waals surface area contributed by atoms with E-state index in [-0.39, 0.29) is 5.91 Å². The number of anilines is 3. The molecule has 0 atom stereocenters. The Balaban J connectivity index is 1.75. The Morgan fingerprint density at radius 3 is 2.56 bits per heavy atom. The zero-order chi connectivity index (χ0) is 19.2. The topological polar surface area (TPSA) is 67.4 Å². The summed E-state index contributed by atoms with van der Waals surface area (Å²) in [5, 5.41) is 11.2. The summed E-state index contributed by atoms with van der Waals surface area (Å²) in [5.74, 6) is 1.48. The Bertz CT molecular complexity index is 925. The normalized spacial score (nSPS) is 10.3. The number of benzene rings is 2. The van der Waals surface area contributed by atoms with Crippen molar-refractivity contribution in [2.45, 2.75) is 13.8 Å². The van der Waals surface area contributed by atoms with E-state index in [0.29, 0.717) is 17.1 Å². The fourth-order valence-electron chi connectivity index (χ4n) is 2.76. The molecular formula is C21H22N4O2. The van der Waals surface area contributed by atoms with Crippen LogP contribution in [0, 0.1) is 6.92 Å². The van der Waals surface area contributed by atoms with Crippen LogP contribution in [-0.4, -0.2) is 29.8 Å². The van der Waals surface area contributed by atoms with E-state index in [2.05, 4.69) is 46.4 Å². The van der Waals surface area contributed by atoms with E-state index in [1.807, 2.05) is 18.2 Å². The van der Waals surface area contributed by atoms with Crippen LogP contribution in [0.1, 0.15) is 22.8 Å². The van der Waals surface area contributed by atoms with Crippen LogP contribution in [-0.2, 0) is 0 Å². The van der Waals surface area contributed by atoms with Gasteiger partial charge in [-0.15, -0.1) is 10.2 Å². The average Bonchev–Trinajstić information content (AvgIpc) is 2.70. The van der Waals surface area contributed by atoms with Gasteiger partial charge in [-0.3, -0.25) is 4.79 Å². The van der Waals surface area contributed by atoms with Crippen molar-refractivity contribution in [3.63, 3.8) is 0 Å². The molecule has 1 N–H and O–H groups in total. The van der Waals surface area contributed by atoms with Crippen molar-refractivity contribution in [3.05, 3.63) is 71.8 Å².